The maximum absolute atomic E-state index is 13.4. The summed E-state index contributed by atoms with van der Waals surface area (Å²) in [5.74, 6) is -0.981. The Balaban J connectivity index is 1.26. The van der Waals surface area contributed by atoms with Crippen molar-refractivity contribution >= 4 is 79.5 Å². The molecule has 46 heavy (non-hydrogen) atoms. The van der Waals surface area contributed by atoms with Gasteiger partial charge in [-0.1, -0.05) is 59.3 Å². The lowest BCUT2D eigenvalue weighted by atomic mass is 9.88. The molecule has 1 aromatic heterocycles. The zero-order valence-corrected chi connectivity index (χ0v) is 28.4. The first-order chi connectivity index (χ1) is 22.2. The molecule has 1 aliphatic rings. The Hall–Kier alpha value is -4.19. The van der Waals surface area contributed by atoms with E-state index in [1.165, 1.54) is 30.2 Å². The summed E-state index contributed by atoms with van der Waals surface area (Å²) in [5, 5.41) is 9.05. The number of anilines is 2. The van der Waals surface area contributed by atoms with Crippen LogP contribution < -0.4 is 16.0 Å². The zero-order valence-electron chi connectivity index (χ0n) is 25.2. The summed E-state index contributed by atoms with van der Waals surface area (Å²) < 4.78 is 5.92. The first-order valence-electron chi connectivity index (χ1n) is 14.6. The number of rotatable bonds is 10. The number of carbonyl (C=O) groups is 4. The number of ether oxygens (including phenoxy) is 1. The first kappa shape index (κ1) is 33.2. The van der Waals surface area contributed by atoms with Crippen LogP contribution in [0.3, 0.4) is 0 Å². The molecule has 0 saturated carbocycles. The smallest absolute Gasteiger partial charge is 0.341 e. The van der Waals surface area contributed by atoms with Crippen LogP contribution in [-0.4, -0.2) is 36.6 Å². The van der Waals surface area contributed by atoms with Crippen molar-refractivity contribution in [2.24, 2.45) is 5.92 Å². The predicted octanol–water partition coefficient (Wildman–Crippen LogP) is 7.56. The van der Waals surface area contributed by atoms with Crippen LogP contribution in [0.1, 0.15) is 50.1 Å². The maximum Gasteiger partial charge on any atom is 0.341 e. The van der Waals surface area contributed by atoms with E-state index < -0.39 is 17.8 Å². The minimum Gasteiger partial charge on any atom is -0.465 e. The average molecular weight is 719 g/mol. The Kier molecular flexibility index (Phi) is 11.1. The van der Waals surface area contributed by atoms with Crippen molar-refractivity contribution in [2.75, 3.05) is 23.5 Å². The number of carbonyl (C=O) groups excluding carboxylic acids is 4. The van der Waals surface area contributed by atoms with Crippen molar-refractivity contribution < 1.29 is 23.9 Å². The Bertz CT molecular complexity index is 1790. The van der Waals surface area contributed by atoms with Gasteiger partial charge in [-0.3, -0.25) is 14.4 Å². The van der Waals surface area contributed by atoms with E-state index in [-0.39, 0.29) is 17.4 Å². The van der Waals surface area contributed by atoms with E-state index in [0.717, 1.165) is 44.6 Å². The highest BCUT2D eigenvalue weighted by atomic mass is 79.9. The number of nitrogens with one attached hydrogen (secondary N) is 3. The monoisotopic (exact) mass is 717 g/mol. The number of methoxy groups -OCH3 is 1. The summed E-state index contributed by atoms with van der Waals surface area (Å²) in [4.78, 5) is 53.8. The van der Waals surface area contributed by atoms with Gasteiger partial charge in [0.2, 0.25) is 5.91 Å². The largest absolute Gasteiger partial charge is 0.465 e. The molecule has 0 saturated heterocycles. The van der Waals surface area contributed by atoms with E-state index in [1.807, 2.05) is 36.4 Å². The Morgan fingerprint density at radius 2 is 1.76 bits per heavy atom. The third-order valence-corrected chi connectivity index (χ3v) is 10.0. The SMILES string of the molecule is COC(=O)c1c(NC(=O)CSc2cccc(NC(=O)/C(=C\c3ccc(Br)cc3)NC(=O)c3ccccc3)c2)sc2c1CCC(C)C2. The fourth-order valence-corrected chi connectivity index (χ4v) is 7.43. The van der Waals surface area contributed by atoms with Crippen LogP contribution in [0.5, 0.6) is 0 Å². The highest BCUT2D eigenvalue weighted by Gasteiger charge is 2.29. The number of halogens is 1. The second-order valence-corrected chi connectivity index (χ2v) is 13.9. The van der Waals surface area contributed by atoms with Crippen LogP contribution in [0.15, 0.2) is 93.9 Å². The molecule has 0 fully saturated rings. The first-order valence-corrected chi connectivity index (χ1v) is 17.2. The summed E-state index contributed by atoms with van der Waals surface area (Å²) in [6.07, 6.45) is 4.27. The molecule has 3 aromatic carbocycles. The van der Waals surface area contributed by atoms with Gasteiger partial charge in [0.1, 0.15) is 10.7 Å². The molecule has 8 nitrogen and oxygen atoms in total. The second kappa shape index (κ2) is 15.4. The van der Waals surface area contributed by atoms with Gasteiger partial charge >= 0.3 is 5.97 Å². The summed E-state index contributed by atoms with van der Waals surface area (Å²) >= 11 is 6.16. The van der Waals surface area contributed by atoms with Crippen LogP contribution in [-0.2, 0) is 27.2 Å². The van der Waals surface area contributed by atoms with Gasteiger partial charge in [0.25, 0.3) is 11.8 Å². The van der Waals surface area contributed by atoms with E-state index in [1.54, 1.807) is 48.5 Å². The van der Waals surface area contributed by atoms with E-state index >= 15 is 0 Å². The number of benzene rings is 3. The molecule has 4 aromatic rings. The molecular formula is C35H32BrN3O5S2. The molecular weight excluding hydrogens is 686 g/mol. The van der Waals surface area contributed by atoms with Gasteiger partial charge in [-0.2, -0.15) is 0 Å². The minimum absolute atomic E-state index is 0.0723. The molecule has 1 atom stereocenters. The molecule has 0 spiro atoms. The fourth-order valence-electron chi connectivity index (χ4n) is 5.00. The molecule has 5 rings (SSSR count). The molecule has 0 aliphatic heterocycles. The van der Waals surface area contributed by atoms with Crippen LogP contribution in [0.2, 0.25) is 0 Å². The molecule has 0 bridgehead atoms. The van der Waals surface area contributed by atoms with Gasteiger partial charge in [-0.25, -0.2) is 4.79 Å². The van der Waals surface area contributed by atoms with Crippen molar-refractivity contribution in [2.45, 2.75) is 31.1 Å². The number of amides is 3. The topological polar surface area (TPSA) is 114 Å². The summed E-state index contributed by atoms with van der Waals surface area (Å²) in [6.45, 7) is 2.19. The van der Waals surface area contributed by atoms with Crippen molar-refractivity contribution in [3.8, 4) is 0 Å². The molecule has 236 valence electrons. The lowest BCUT2D eigenvalue weighted by Gasteiger charge is -2.18. The van der Waals surface area contributed by atoms with E-state index in [0.29, 0.717) is 27.7 Å². The number of thiophene rings is 1. The third-order valence-electron chi connectivity index (χ3n) is 7.33. The van der Waals surface area contributed by atoms with Gasteiger partial charge in [0.15, 0.2) is 0 Å². The molecule has 3 amide bonds. The molecule has 3 N–H and O–H groups in total. The quantitative estimate of drug-likeness (QED) is 0.0887. The number of fused-ring (bicyclic) bond motifs is 1. The molecule has 1 unspecified atom stereocenters. The van der Waals surface area contributed by atoms with Gasteiger partial charge in [0.05, 0.1) is 18.4 Å². The van der Waals surface area contributed by atoms with Crippen LogP contribution in [0, 0.1) is 5.92 Å². The van der Waals surface area contributed by atoms with E-state index in [4.69, 9.17) is 4.74 Å². The summed E-state index contributed by atoms with van der Waals surface area (Å²) in [5.41, 5.74) is 3.17. The van der Waals surface area contributed by atoms with Crippen molar-refractivity contribution in [3.63, 3.8) is 0 Å². The zero-order chi connectivity index (χ0) is 32.6. The highest BCUT2D eigenvalue weighted by Crippen LogP contribution is 2.40. The fraction of sp³-hybridized carbons (Fsp3) is 0.200. The maximum atomic E-state index is 13.4. The number of hydrogen-bond donors (Lipinski definition) is 3. The number of thioether (sulfide) groups is 1. The molecule has 1 heterocycles. The van der Waals surface area contributed by atoms with E-state index in [2.05, 4.69) is 38.8 Å². The van der Waals surface area contributed by atoms with Gasteiger partial charge in [-0.05, 0) is 84.8 Å². The lowest BCUT2D eigenvalue weighted by Crippen LogP contribution is -2.30. The average Bonchev–Trinajstić information content (AvgIpc) is 3.41. The summed E-state index contributed by atoms with van der Waals surface area (Å²) in [6, 6.07) is 23.1. The summed E-state index contributed by atoms with van der Waals surface area (Å²) in [7, 11) is 1.35. The van der Waals surface area contributed by atoms with Gasteiger partial charge in [0, 0.05) is 25.5 Å². The Morgan fingerprint density at radius 3 is 2.50 bits per heavy atom. The second-order valence-electron chi connectivity index (χ2n) is 10.8. The van der Waals surface area contributed by atoms with Gasteiger partial charge in [-0.15, -0.1) is 23.1 Å². The third kappa shape index (κ3) is 8.54. The van der Waals surface area contributed by atoms with E-state index in [9.17, 15) is 19.2 Å². The Labute approximate surface area is 284 Å². The highest BCUT2D eigenvalue weighted by molar-refractivity contribution is 9.10. The van der Waals surface area contributed by atoms with Crippen LogP contribution in [0.25, 0.3) is 6.08 Å². The minimum atomic E-state index is -0.501. The van der Waals surface area contributed by atoms with Crippen LogP contribution >= 0.6 is 39.0 Å². The lowest BCUT2D eigenvalue weighted by molar-refractivity contribution is -0.114. The molecule has 1 aliphatic carbocycles. The van der Waals surface area contributed by atoms with Crippen molar-refractivity contribution in [1.29, 1.82) is 0 Å². The number of hydrogen-bond acceptors (Lipinski definition) is 7. The predicted molar refractivity (Wildman–Crippen MR) is 187 cm³/mol. The van der Waals surface area contributed by atoms with Crippen LogP contribution in [0.4, 0.5) is 10.7 Å². The standard InChI is InChI=1S/C35H32BrN3O5S2/c1-21-11-16-27-29(17-21)46-34(31(27)35(43)44-2)39-30(40)20-45-26-10-6-9-25(19-26)37-33(42)28(18-22-12-14-24(36)15-13-22)38-32(41)23-7-4-3-5-8-23/h3-10,12-15,18-19,21H,11,16-17,20H2,1-2H3,(H,37,42)(H,38,41)(H,39,40)/b28-18+. The Morgan fingerprint density at radius 1 is 1.00 bits per heavy atom. The molecule has 11 heteroatoms. The van der Waals surface area contributed by atoms with Crippen molar-refractivity contribution in [1.82, 2.24) is 5.32 Å². The number of esters is 1. The normalized spacial score (nSPS) is 14.2. The van der Waals surface area contributed by atoms with Gasteiger partial charge < -0.3 is 20.7 Å². The molecule has 0 radical (unpaired) electrons. The van der Waals surface area contributed by atoms with Crippen molar-refractivity contribution in [3.05, 3.63) is 116 Å².